The third-order valence-corrected chi connectivity index (χ3v) is 2.75. The minimum Gasteiger partial charge on any atom is -0.460 e. The van der Waals surface area contributed by atoms with Gasteiger partial charge in [0.1, 0.15) is 5.82 Å². The van der Waals surface area contributed by atoms with E-state index >= 15 is 0 Å². The Hall–Kier alpha value is -1.39. The van der Waals surface area contributed by atoms with Crippen LogP contribution in [0.3, 0.4) is 0 Å². The third kappa shape index (κ3) is 3.84. The van der Waals surface area contributed by atoms with Crippen molar-refractivity contribution >= 4 is 5.97 Å². The van der Waals surface area contributed by atoms with Crippen LogP contribution >= 0.6 is 0 Å². The lowest BCUT2D eigenvalue weighted by Gasteiger charge is -2.09. The zero-order valence-corrected chi connectivity index (χ0v) is 10.8. The molecule has 0 aromatic carbocycles. The number of carbonyl (C=O) groups is 1. The van der Waals surface area contributed by atoms with Crippen LogP contribution in [0.1, 0.15) is 68.8 Å². The van der Waals surface area contributed by atoms with E-state index < -0.39 is 5.97 Å². The molecule has 96 valence electrons. The first-order valence-corrected chi connectivity index (χ1v) is 6.32. The predicted octanol–water partition coefficient (Wildman–Crippen LogP) is 2.67. The number of aromatic amines is 1. The molecule has 0 fully saturated rings. The summed E-state index contributed by atoms with van der Waals surface area (Å²) in [6.45, 7) is 6.39. The molecule has 0 spiro atoms. The number of hydrogen-bond acceptors (Lipinski definition) is 4. The van der Waals surface area contributed by atoms with Crippen LogP contribution in [-0.4, -0.2) is 27.8 Å². The number of unbranched alkanes of at least 4 members (excludes halogenated alkanes) is 1. The van der Waals surface area contributed by atoms with E-state index in [9.17, 15) is 4.79 Å². The molecule has 0 aliphatic rings. The van der Waals surface area contributed by atoms with Crippen molar-refractivity contribution < 1.29 is 9.53 Å². The highest BCUT2D eigenvalue weighted by Crippen LogP contribution is 2.22. The predicted molar refractivity (Wildman–Crippen MR) is 64.9 cm³/mol. The zero-order chi connectivity index (χ0) is 12.7. The van der Waals surface area contributed by atoms with Crippen molar-refractivity contribution in [2.75, 3.05) is 6.61 Å². The Balaban J connectivity index is 2.67. The van der Waals surface area contributed by atoms with Crippen LogP contribution < -0.4 is 0 Å². The van der Waals surface area contributed by atoms with Crippen molar-refractivity contribution in [2.24, 2.45) is 0 Å². The number of nitrogens with one attached hydrogen (secondary N) is 1. The Morgan fingerprint density at radius 3 is 2.76 bits per heavy atom. The molecule has 5 heteroatoms. The summed E-state index contributed by atoms with van der Waals surface area (Å²) in [6.07, 6.45) is 4.39. The van der Waals surface area contributed by atoms with Crippen molar-refractivity contribution in [3.05, 3.63) is 11.6 Å². The molecule has 0 radical (unpaired) electrons. The first-order chi connectivity index (χ1) is 8.22. The maximum absolute atomic E-state index is 11.4. The van der Waals surface area contributed by atoms with Gasteiger partial charge in [-0.25, -0.2) is 9.78 Å². The van der Waals surface area contributed by atoms with Gasteiger partial charge in [-0.2, -0.15) is 0 Å². The fourth-order valence-corrected chi connectivity index (χ4v) is 1.73. The van der Waals surface area contributed by atoms with Crippen LogP contribution in [0.25, 0.3) is 0 Å². The van der Waals surface area contributed by atoms with E-state index in [-0.39, 0.29) is 5.82 Å². The molecule has 0 bridgehead atoms. The van der Waals surface area contributed by atoms with E-state index in [1.54, 1.807) is 6.92 Å². The minimum atomic E-state index is -0.458. The molecule has 17 heavy (non-hydrogen) atoms. The summed E-state index contributed by atoms with van der Waals surface area (Å²) in [5, 5.41) is 6.74. The molecular weight excluding hydrogens is 218 g/mol. The smallest absolute Gasteiger partial charge is 0.378 e. The van der Waals surface area contributed by atoms with Crippen molar-refractivity contribution in [1.29, 1.82) is 0 Å². The van der Waals surface area contributed by atoms with Gasteiger partial charge in [-0.15, -0.1) is 5.10 Å². The average molecular weight is 239 g/mol. The molecule has 1 rings (SSSR count). The van der Waals surface area contributed by atoms with Crippen LogP contribution in [0.15, 0.2) is 0 Å². The second-order valence-electron chi connectivity index (χ2n) is 4.01. The number of hydrogen-bond donors (Lipinski definition) is 1. The average Bonchev–Trinajstić information content (AvgIpc) is 2.80. The number of rotatable bonds is 7. The summed E-state index contributed by atoms with van der Waals surface area (Å²) in [5.74, 6) is 0.826. The Morgan fingerprint density at radius 2 is 2.18 bits per heavy atom. The van der Waals surface area contributed by atoms with E-state index in [1.165, 1.54) is 0 Å². The summed E-state index contributed by atoms with van der Waals surface area (Å²) in [4.78, 5) is 15.6. The number of carbonyl (C=O) groups excluding carboxylic acids is 1. The molecular formula is C12H21N3O2. The second kappa shape index (κ2) is 7.04. The molecule has 1 atom stereocenters. The van der Waals surface area contributed by atoms with Gasteiger partial charge in [-0.05, 0) is 19.8 Å². The maximum Gasteiger partial charge on any atom is 0.378 e. The molecule has 0 amide bonds. The summed E-state index contributed by atoms with van der Waals surface area (Å²) >= 11 is 0. The van der Waals surface area contributed by atoms with Crippen molar-refractivity contribution in [3.63, 3.8) is 0 Å². The van der Waals surface area contributed by atoms with Gasteiger partial charge < -0.3 is 4.74 Å². The number of ether oxygens (including phenoxy) is 1. The molecule has 1 aromatic heterocycles. The minimum absolute atomic E-state index is 0.136. The van der Waals surface area contributed by atoms with Crippen LogP contribution in [0.5, 0.6) is 0 Å². The fourth-order valence-electron chi connectivity index (χ4n) is 1.73. The summed E-state index contributed by atoms with van der Waals surface area (Å²) in [5.41, 5.74) is 0. The molecule has 1 unspecified atom stereocenters. The first kappa shape index (κ1) is 13.7. The highest BCUT2D eigenvalue weighted by molar-refractivity contribution is 5.84. The summed E-state index contributed by atoms with van der Waals surface area (Å²) < 4.78 is 4.85. The Bertz CT molecular complexity index is 349. The van der Waals surface area contributed by atoms with Crippen LogP contribution in [0, 0.1) is 0 Å². The van der Waals surface area contributed by atoms with E-state index in [2.05, 4.69) is 29.0 Å². The SMILES string of the molecule is CCCCC(CC)c1nc(C(=O)OCC)n[nH]1. The van der Waals surface area contributed by atoms with Crippen molar-refractivity contribution in [3.8, 4) is 0 Å². The maximum atomic E-state index is 11.4. The molecule has 1 heterocycles. The van der Waals surface area contributed by atoms with Gasteiger partial charge in [0, 0.05) is 5.92 Å². The van der Waals surface area contributed by atoms with Crippen LogP contribution in [-0.2, 0) is 4.74 Å². The van der Waals surface area contributed by atoms with Gasteiger partial charge in [0.05, 0.1) is 6.61 Å². The standard InChI is InChI=1S/C12H21N3O2/c1-4-7-8-9(5-2)10-13-11(15-14-10)12(16)17-6-3/h9H,4-8H2,1-3H3,(H,13,14,15). The molecule has 1 aromatic rings. The Labute approximate surface area is 102 Å². The lowest BCUT2D eigenvalue weighted by molar-refractivity contribution is 0.0512. The molecule has 0 aliphatic heterocycles. The molecule has 0 saturated heterocycles. The number of nitrogens with zero attached hydrogens (tertiary/aromatic N) is 2. The lowest BCUT2D eigenvalue weighted by atomic mass is 9.99. The quantitative estimate of drug-likeness (QED) is 0.743. The van der Waals surface area contributed by atoms with Crippen molar-refractivity contribution in [1.82, 2.24) is 15.2 Å². The van der Waals surface area contributed by atoms with E-state index in [1.807, 2.05) is 0 Å². The second-order valence-corrected chi connectivity index (χ2v) is 4.01. The first-order valence-electron chi connectivity index (χ1n) is 6.32. The Morgan fingerprint density at radius 1 is 1.41 bits per heavy atom. The molecule has 0 saturated carbocycles. The van der Waals surface area contributed by atoms with E-state index in [0.29, 0.717) is 12.5 Å². The summed E-state index contributed by atoms with van der Waals surface area (Å²) in [7, 11) is 0. The number of aromatic nitrogens is 3. The molecule has 5 nitrogen and oxygen atoms in total. The topological polar surface area (TPSA) is 67.9 Å². The highest BCUT2D eigenvalue weighted by Gasteiger charge is 2.18. The van der Waals surface area contributed by atoms with Gasteiger partial charge in [-0.3, -0.25) is 5.10 Å². The van der Waals surface area contributed by atoms with Gasteiger partial charge in [-0.1, -0.05) is 26.7 Å². The van der Waals surface area contributed by atoms with Gasteiger partial charge >= 0.3 is 5.97 Å². The van der Waals surface area contributed by atoms with Gasteiger partial charge in [0.2, 0.25) is 0 Å². The van der Waals surface area contributed by atoms with E-state index in [0.717, 1.165) is 31.5 Å². The zero-order valence-electron chi connectivity index (χ0n) is 10.8. The monoisotopic (exact) mass is 239 g/mol. The number of esters is 1. The summed E-state index contributed by atoms with van der Waals surface area (Å²) in [6, 6.07) is 0. The highest BCUT2D eigenvalue weighted by atomic mass is 16.5. The van der Waals surface area contributed by atoms with E-state index in [4.69, 9.17) is 4.74 Å². The van der Waals surface area contributed by atoms with Crippen LogP contribution in [0.4, 0.5) is 0 Å². The van der Waals surface area contributed by atoms with Gasteiger partial charge in [0.25, 0.3) is 5.82 Å². The third-order valence-electron chi connectivity index (χ3n) is 2.75. The van der Waals surface area contributed by atoms with Gasteiger partial charge in [0.15, 0.2) is 0 Å². The lowest BCUT2D eigenvalue weighted by Crippen LogP contribution is -2.07. The van der Waals surface area contributed by atoms with Crippen molar-refractivity contribution in [2.45, 2.75) is 52.4 Å². The fraction of sp³-hybridized carbons (Fsp3) is 0.750. The largest absolute Gasteiger partial charge is 0.460 e. The molecule has 0 aliphatic carbocycles. The van der Waals surface area contributed by atoms with Crippen LogP contribution in [0.2, 0.25) is 0 Å². The number of H-pyrrole nitrogens is 1. The molecule has 1 N–H and O–H groups in total. The Kier molecular flexibility index (Phi) is 5.66. The normalized spacial score (nSPS) is 12.4.